The van der Waals surface area contributed by atoms with Gasteiger partial charge >= 0.3 is 0 Å². The van der Waals surface area contributed by atoms with Crippen LogP contribution in [-0.4, -0.2) is 9.97 Å². The van der Waals surface area contributed by atoms with Crippen LogP contribution in [0.1, 0.15) is 5.69 Å². The maximum Gasteiger partial charge on any atom is 0.159 e. The van der Waals surface area contributed by atoms with Crippen LogP contribution in [0.3, 0.4) is 0 Å². The summed E-state index contributed by atoms with van der Waals surface area (Å²) in [6.45, 7) is 2.03. The summed E-state index contributed by atoms with van der Waals surface area (Å²) < 4.78 is 0.823. The van der Waals surface area contributed by atoms with Gasteiger partial charge < -0.3 is 4.98 Å². The molecule has 2 nitrogen and oxygen atoms in total. The molecule has 0 aliphatic heterocycles. The average Bonchev–Trinajstić information content (AvgIpc) is 2.47. The van der Waals surface area contributed by atoms with E-state index in [2.05, 4.69) is 9.97 Å². The third-order valence-electron chi connectivity index (χ3n) is 1.77. The third-order valence-corrected chi connectivity index (χ3v) is 3.15. The van der Waals surface area contributed by atoms with E-state index in [1.54, 1.807) is 23.7 Å². The standard InChI is InChI=1S/C9H8N2S2/c1-6-8(13-9(12)11-6)7-2-4-10-5-3-7/h2-5H,1H3,(H,11,12). The molecule has 2 rings (SSSR count). The molecule has 0 bridgehead atoms. The van der Waals surface area contributed by atoms with Gasteiger partial charge in [-0.25, -0.2) is 0 Å². The van der Waals surface area contributed by atoms with Gasteiger partial charge in [0.05, 0.1) is 4.88 Å². The van der Waals surface area contributed by atoms with E-state index in [0.717, 1.165) is 9.65 Å². The van der Waals surface area contributed by atoms with E-state index in [1.165, 1.54) is 10.4 Å². The van der Waals surface area contributed by atoms with E-state index in [-0.39, 0.29) is 0 Å². The number of aryl methyl sites for hydroxylation is 1. The van der Waals surface area contributed by atoms with E-state index in [9.17, 15) is 0 Å². The minimum Gasteiger partial charge on any atom is -0.341 e. The Labute approximate surface area is 85.3 Å². The van der Waals surface area contributed by atoms with Crippen molar-refractivity contribution >= 4 is 23.6 Å². The summed E-state index contributed by atoms with van der Waals surface area (Å²) in [5.41, 5.74) is 2.30. The highest BCUT2D eigenvalue weighted by atomic mass is 32.1. The largest absolute Gasteiger partial charge is 0.341 e. The van der Waals surface area contributed by atoms with E-state index >= 15 is 0 Å². The van der Waals surface area contributed by atoms with Crippen LogP contribution in [0.15, 0.2) is 24.5 Å². The van der Waals surface area contributed by atoms with Gasteiger partial charge in [0.1, 0.15) is 0 Å². The molecule has 0 amide bonds. The van der Waals surface area contributed by atoms with Crippen molar-refractivity contribution in [3.05, 3.63) is 34.2 Å². The Morgan fingerprint density at radius 3 is 2.62 bits per heavy atom. The molecule has 13 heavy (non-hydrogen) atoms. The van der Waals surface area contributed by atoms with E-state index in [1.807, 2.05) is 19.1 Å². The lowest BCUT2D eigenvalue weighted by Gasteiger charge is -1.96. The molecule has 0 saturated heterocycles. The second kappa shape index (κ2) is 3.40. The number of aromatic nitrogens is 2. The topological polar surface area (TPSA) is 28.7 Å². The third kappa shape index (κ3) is 1.68. The van der Waals surface area contributed by atoms with Crippen molar-refractivity contribution in [2.75, 3.05) is 0 Å². The second-order valence-corrected chi connectivity index (χ2v) is 4.39. The molecule has 4 heteroatoms. The zero-order valence-corrected chi connectivity index (χ0v) is 8.71. The van der Waals surface area contributed by atoms with Gasteiger partial charge in [-0.1, -0.05) is 0 Å². The predicted molar refractivity (Wildman–Crippen MR) is 57.5 cm³/mol. The van der Waals surface area contributed by atoms with Crippen LogP contribution in [0, 0.1) is 10.9 Å². The first kappa shape index (κ1) is 8.59. The molecular formula is C9H8N2S2. The van der Waals surface area contributed by atoms with Crippen LogP contribution in [0.5, 0.6) is 0 Å². The molecule has 0 aliphatic rings. The van der Waals surface area contributed by atoms with Crippen molar-refractivity contribution in [1.82, 2.24) is 9.97 Å². The van der Waals surface area contributed by atoms with Crippen LogP contribution >= 0.6 is 23.6 Å². The molecule has 0 aliphatic carbocycles. The first-order chi connectivity index (χ1) is 6.27. The smallest absolute Gasteiger partial charge is 0.159 e. The lowest BCUT2D eigenvalue weighted by molar-refractivity contribution is 1.25. The number of hydrogen-bond acceptors (Lipinski definition) is 3. The lowest BCUT2D eigenvalue weighted by atomic mass is 10.2. The molecule has 2 heterocycles. The van der Waals surface area contributed by atoms with Crippen LogP contribution in [0.2, 0.25) is 0 Å². The minimum atomic E-state index is 0.823. The quantitative estimate of drug-likeness (QED) is 0.729. The van der Waals surface area contributed by atoms with Crippen LogP contribution in [0.25, 0.3) is 10.4 Å². The van der Waals surface area contributed by atoms with Crippen LogP contribution in [0.4, 0.5) is 0 Å². The maximum atomic E-state index is 5.07. The number of H-pyrrole nitrogens is 1. The SMILES string of the molecule is Cc1[nH]c(=S)sc1-c1ccncc1. The zero-order valence-electron chi connectivity index (χ0n) is 7.07. The summed E-state index contributed by atoms with van der Waals surface area (Å²) in [6.07, 6.45) is 3.58. The molecule has 0 saturated carbocycles. The number of thiazole rings is 1. The molecule has 0 radical (unpaired) electrons. The molecule has 2 aromatic rings. The Balaban J connectivity index is 2.59. The number of nitrogens with one attached hydrogen (secondary N) is 1. The Hall–Kier alpha value is -1.00. The van der Waals surface area contributed by atoms with Crippen LogP contribution < -0.4 is 0 Å². The van der Waals surface area contributed by atoms with Gasteiger partial charge in [-0.15, -0.1) is 11.3 Å². The van der Waals surface area contributed by atoms with Crippen LogP contribution in [-0.2, 0) is 0 Å². The monoisotopic (exact) mass is 208 g/mol. The van der Waals surface area contributed by atoms with Gasteiger partial charge in [0.2, 0.25) is 0 Å². The fourth-order valence-corrected chi connectivity index (χ4v) is 2.43. The molecule has 0 aromatic carbocycles. The van der Waals surface area contributed by atoms with Gasteiger partial charge in [0.25, 0.3) is 0 Å². The number of rotatable bonds is 1. The van der Waals surface area contributed by atoms with Gasteiger partial charge in [0, 0.05) is 18.1 Å². The Bertz CT molecular complexity index is 456. The molecule has 2 aromatic heterocycles. The molecule has 66 valence electrons. The van der Waals surface area contributed by atoms with Gasteiger partial charge in [0.15, 0.2) is 3.95 Å². The van der Waals surface area contributed by atoms with Crippen molar-refractivity contribution in [2.45, 2.75) is 6.92 Å². The lowest BCUT2D eigenvalue weighted by Crippen LogP contribution is -1.77. The zero-order chi connectivity index (χ0) is 9.26. The van der Waals surface area contributed by atoms with Crippen molar-refractivity contribution < 1.29 is 0 Å². The number of hydrogen-bond donors (Lipinski definition) is 1. The van der Waals surface area contributed by atoms with Crippen molar-refractivity contribution in [3.63, 3.8) is 0 Å². The van der Waals surface area contributed by atoms with Gasteiger partial charge in [-0.3, -0.25) is 4.98 Å². The highest BCUT2D eigenvalue weighted by Gasteiger charge is 2.03. The van der Waals surface area contributed by atoms with Crippen molar-refractivity contribution in [2.24, 2.45) is 0 Å². The molecule has 0 fully saturated rings. The molecule has 0 atom stereocenters. The predicted octanol–water partition coefficient (Wildman–Crippen LogP) is 3.18. The molecule has 0 unspecified atom stereocenters. The Kier molecular flexibility index (Phi) is 2.24. The minimum absolute atomic E-state index is 0.823. The highest BCUT2D eigenvalue weighted by Crippen LogP contribution is 2.27. The van der Waals surface area contributed by atoms with Crippen molar-refractivity contribution in [3.8, 4) is 10.4 Å². The maximum absolute atomic E-state index is 5.07. The Morgan fingerprint density at radius 2 is 2.08 bits per heavy atom. The normalized spacial score (nSPS) is 10.2. The summed E-state index contributed by atoms with van der Waals surface area (Å²) in [5.74, 6) is 0. The van der Waals surface area contributed by atoms with Gasteiger partial charge in [-0.2, -0.15) is 0 Å². The summed E-state index contributed by atoms with van der Waals surface area (Å²) in [5, 5.41) is 0. The average molecular weight is 208 g/mol. The van der Waals surface area contributed by atoms with E-state index in [4.69, 9.17) is 12.2 Å². The number of pyridine rings is 1. The summed E-state index contributed by atoms with van der Waals surface area (Å²) in [7, 11) is 0. The number of aromatic amines is 1. The second-order valence-electron chi connectivity index (χ2n) is 2.70. The number of nitrogens with zero attached hydrogens (tertiary/aromatic N) is 1. The summed E-state index contributed by atoms with van der Waals surface area (Å²) in [6, 6.07) is 3.98. The summed E-state index contributed by atoms with van der Waals surface area (Å²) >= 11 is 6.67. The first-order valence-corrected chi connectivity index (χ1v) is 5.10. The van der Waals surface area contributed by atoms with E-state index < -0.39 is 0 Å². The van der Waals surface area contributed by atoms with Gasteiger partial charge in [-0.05, 0) is 36.8 Å². The molecule has 0 spiro atoms. The summed E-state index contributed by atoms with van der Waals surface area (Å²) in [4.78, 5) is 8.30. The van der Waals surface area contributed by atoms with Crippen molar-refractivity contribution in [1.29, 1.82) is 0 Å². The van der Waals surface area contributed by atoms with E-state index in [0.29, 0.717) is 0 Å². The molecule has 1 N–H and O–H groups in total. The first-order valence-electron chi connectivity index (χ1n) is 3.87. The fraction of sp³-hybridized carbons (Fsp3) is 0.111. The fourth-order valence-electron chi connectivity index (χ4n) is 1.18. The Morgan fingerprint density at radius 1 is 1.38 bits per heavy atom. The highest BCUT2D eigenvalue weighted by molar-refractivity contribution is 7.73. The molecular weight excluding hydrogens is 200 g/mol.